The number of piperidine rings is 1. The number of aromatic nitrogens is 3. The summed E-state index contributed by atoms with van der Waals surface area (Å²) in [6.45, 7) is 4.57. The molecule has 0 saturated carbocycles. The normalized spacial score (nSPS) is 18.7. The summed E-state index contributed by atoms with van der Waals surface area (Å²) >= 11 is 1.55. The number of anilines is 1. The Morgan fingerprint density at radius 3 is 3.00 bits per heavy atom. The molecule has 1 aliphatic rings. The van der Waals surface area contributed by atoms with Crippen LogP contribution >= 0.6 is 11.3 Å². The van der Waals surface area contributed by atoms with Gasteiger partial charge in [0, 0.05) is 49.9 Å². The molecule has 0 aliphatic carbocycles. The summed E-state index contributed by atoms with van der Waals surface area (Å²) in [7, 11) is 0. The van der Waals surface area contributed by atoms with Crippen LogP contribution in [0.3, 0.4) is 0 Å². The van der Waals surface area contributed by atoms with Crippen molar-refractivity contribution >= 4 is 22.4 Å². The average Bonchev–Trinajstić information content (AvgIpc) is 2.95. The minimum atomic E-state index is -0.0770. The molecule has 2 aromatic heterocycles. The van der Waals surface area contributed by atoms with Crippen molar-refractivity contribution in [1.29, 1.82) is 0 Å². The van der Waals surface area contributed by atoms with E-state index in [4.69, 9.17) is 0 Å². The van der Waals surface area contributed by atoms with Crippen molar-refractivity contribution in [1.82, 2.24) is 19.9 Å². The number of hydrogen-bond acceptors (Lipinski definition) is 6. The van der Waals surface area contributed by atoms with Crippen molar-refractivity contribution in [3.8, 4) is 0 Å². The Balaban J connectivity index is 1.54. The maximum Gasteiger partial charge on any atom is 0.223 e. The first-order chi connectivity index (χ1) is 11.2. The maximum atomic E-state index is 11.1. The molecule has 1 amide bonds. The van der Waals surface area contributed by atoms with E-state index in [2.05, 4.69) is 25.2 Å². The molecule has 1 saturated heterocycles. The molecule has 1 atom stereocenters. The lowest BCUT2D eigenvalue weighted by Crippen LogP contribution is -2.35. The molecule has 0 aromatic carbocycles. The molecule has 1 fully saturated rings. The second kappa shape index (κ2) is 7.61. The van der Waals surface area contributed by atoms with E-state index in [1.54, 1.807) is 11.3 Å². The van der Waals surface area contributed by atoms with Gasteiger partial charge in [-0.25, -0.2) is 15.0 Å². The van der Waals surface area contributed by atoms with E-state index in [-0.39, 0.29) is 5.91 Å². The first kappa shape index (κ1) is 16.0. The molecular weight excluding hydrogens is 310 g/mol. The summed E-state index contributed by atoms with van der Waals surface area (Å²) < 4.78 is 0. The van der Waals surface area contributed by atoms with Crippen molar-refractivity contribution < 1.29 is 4.79 Å². The number of thiazole rings is 1. The van der Waals surface area contributed by atoms with Crippen molar-refractivity contribution in [3.63, 3.8) is 0 Å². The van der Waals surface area contributed by atoms with E-state index < -0.39 is 0 Å². The topological polar surface area (TPSA) is 71.0 Å². The summed E-state index contributed by atoms with van der Waals surface area (Å²) in [5, 5.41) is 3.42. The monoisotopic (exact) mass is 331 g/mol. The Hall–Kier alpha value is -1.86. The Labute approximate surface area is 140 Å². The van der Waals surface area contributed by atoms with Crippen LogP contribution in [0.4, 0.5) is 5.13 Å². The number of carbonyl (C=O) groups excluding carboxylic acids is 1. The Morgan fingerprint density at radius 2 is 2.22 bits per heavy atom. The quantitative estimate of drug-likeness (QED) is 0.910. The van der Waals surface area contributed by atoms with Gasteiger partial charge < -0.3 is 5.32 Å². The van der Waals surface area contributed by atoms with Crippen molar-refractivity contribution in [2.24, 2.45) is 5.92 Å². The lowest BCUT2D eigenvalue weighted by atomic mass is 9.94. The highest BCUT2D eigenvalue weighted by atomic mass is 32.1. The van der Waals surface area contributed by atoms with Gasteiger partial charge in [-0.2, -0.15) is 0 Å². The molecule has 2 aromatic rings. The molecule has 122 valence electrons. The minimum Gasteiger partial charge on any atom is -0.302 e. The van der Waals surface area contributed by atoms with Crippen LogP contribution in [0, 0.1) is 5.92 Å². The van der Waals surface area contributed by atoms with Crippen LogP contribution < -0.4 is 5.32 Å². The number of likely N-dealkylation sites (tertiary alicyclic amines) is 1. The number of amides is 1. The highest BCUT2D eigenvalue weighted by Gasteiger charge is 2.21. The van der Waals surface area contributed by atoms with Crippen LogP contribution in [0.5, 0.6) is 0 Å². The zero-order valence-corrected chi connectivity index (χ0v) is 14.1. The fourth-order valence-corrected chi connectivity index (χ4v) is 3.87. The van der Waals surface area contributed by atoms with Gasteiger partial charge >= 0.3 is 0 Å². The minimum absolute atomic E-state index is 0.0770. The molecule has 1 aliphatic heterocycles. The summed E-state index contributed by atoms with van der Waals surface area (Å²) in [5.41, 5.74) is 0. The van der Waals surface area contributed by atoms with E-state index in [9.17, 15) is 4.79 Å². The first-order valence-electron chi connectivity index (χ1n) is 7.89. The molecule has 0 bridgehead atoms. The van der Waals surface area contributed by atoms with Crippen molar-refractivity contribution in [2.75, 3.05) is 18.4 Å². The predicted octanol–water partition coefficient (Wildman–Crippen LogP) is 2.35. The van der Waals surface area contributed by atoms with E-state index in [0.29, 0.717) is 11.0 Å². The number of nitrogens with one attached hydrogen (secondary N) is 1. The Kier molecular flexibility index (Phi) is 5.30. The third-order valence-electron chi connectivity index (χ3n) is 3.91. The smallest absolute Gasteiger partial charge is 0.223 e. The van der Waals surface area contributed by atoms with E-state index >= 15 is 0 Å². The number of rotatable bonds is 5. The first-order valence-corrected chi connectivity index (χ1v) is 8.71. The molecule has 0 spiro atoms. The molecule has 0 unspecified atom stereocenters. The van der Waals surface area contributed by atoms with Gasteiger partial charge in [0.2, 0.25) is 5.91 Å². The standard InChI is InChI=1S/C16H21N5OS/c1-12(22)20-16-19-9-14(23-16)11-21-7-2-4-13(10-21)8-15-17-5-3-6-18-15/h3,5-6,9,13H,2,4,7-8,10-11H2,1H3,(H,19,20,22)/t13-/m1/s1. The second-order valence-electron chi connectivity index (χ2n) is 5.93. The van der Waals surface area contributed by atoms with Crippen molar-refractivity contribution in [3.05, 3.63) is 35.4 Å². The second-order valence-corrected chi connectivity index (χ2v) is 7.04. The molecule has 23 heavy (non-hydrogen) atoms. The van der Waals surface area contributed by atoms with Gasteiger partial charge in [-0.1, -0.05) is 0 Å². The van der Waals surface area contributed by atoms with Gasteiger partial charge in [0.1, 0.15) is 5.82 Å². The van der Waals surface area contributed by atoms with Gasteiger partial charge in [0.25, 0.3) is 0 Å². The summed E-state index contributed by atoms with van der Waals surface area (Å²) in [6, 6.07) is 1.85. The van der Waals surface area contributed by atoms with E-state index in [1.807, 2.05) is 24.7 Å². The highest BCUT2D eigenvalue weighted by molar-refractivity contribution is 7.15. The van der Waals surface area contributed by atoms with Crippen LogP contribution in [0.15, 0.2) is 24.7 Å². The van der Waals surface area contributed by atoms with Crippen LogP contribution in [0.1, 0.15) is 30.5 Å². The molecule has 3 heterocycles. The van der Waals surface area contributed by atoms with E-state index in [0.717, 1.165) is 31.9 Å². The molecule has 6 nitrogen and oxygen atoms in total. The Morgan fingerprint density at radius 1 is 1.39 bits per heavy atom. The van der Waals surface area contributed by atoms with Crippen LogP contribution in [0.2, 0.25) is 0 Å². The van der Waals surface area contributed by atoms with Crippen LogP contribution in [0.25, 0.3) is 0 Å². The maximum absolute atomic E-state index is 11.1. The highest BCUT2D eigenvalue weighted by Crippen LogP contribution is 2.24. The molecule has 3 rings (SSSR count). The van der Waals surface area contributed by atoms with Gasteiger partial charge in [0.05, 0.1) is 0 Å². The summed E-state index contributed by atoms with van der Waals surface area (Å²) in [5.74, 6) is 1.46. The molecular formula is C16H21N5OS. The fraction of sp³-hybridized carbons (Fsp3) is 0.500. The third-order valence-corrected chi connectivity index (χ3v) is 4.81. The van der Waals surface area contributed by atoms with E-state index in [1.165, 1.54) is 24.6 Å². The fourth-order valence-electron chi connectivity index (χ4n) is 2.96. The average molecular weight is 331 g/mol. The van der Waals surface area contributed by atoms with Crippen LogP contribution in [-0.4, -0.2) is 38.8 Å². The van der Waals surface area contributed by atoms with Gasteiger partial charge in [-0.05, 0) is 31.4 Å². The zero-order chi connectivity index (χ0) is 16.1. The third kappa shape index (κ3) is 4.80. The van der Waals surface area contributed by atoms with Gasteiger partial charge in [-0.15, -0.1) is 11.3 Å². The van der Waals surface area contributed by atoms with Crippen LogP contribution in [-0.2, 0) is 17.8 Å². The number of nitrogens with zero attached hydrogens (tertiary/aromatic N) is 4. The SMILES string of the molecule is CC(=O)Nc1ncc(CN2CCC[C@H](Cc3ncccn3)C2)s1. The molecule has 1 N–H and O–H groups in total. The number of hydrogen-bond donors (Lipinski definition) is 1. The molecule has 0 radical (unpaired) electrons. The number of carbonyl (C=O) groups is 1. The summed E-state index contributed by atoms with van der Waals surface area (Å²) in [6.07, 6.45) is 8.86. The summed E-state index contributed by atoms with van der Waals surface area (Å²) in [4.78, 5) is 27.6. The predicted molar refractivity (Wildman–Crippen MR) is 90.2 cm³/mol. The lowest BCUT2D eigenvalue weighted by molar-refractivity contribution is -0.114. The Bertz CT molecular complexity index is 645. The van der Waals surface area contributed by atoms with Crippen molar-refractivity contribution in [2.45, 2.75) is 32.7 Å². The molecule has 7 heteroatoms. The largest absolute Gasteiger partial charge is 0.302 e. The lowest BCUT2D eigenvalue weighted by Gasteiger charge is -2.32. The zero-order valence-electron chi connectivity index (χ0n) is 13.2. The van der Waals surface area contributed by atoms with Gasteiger partial charge in [-0.3, -0.25) is 9.69 Å². The van der Waals surface area contributed by atoms with Gasteiger partial charge in [0.15, 0.2) is 5.13 Å².